The quantitative estimate of drug-likeness (QED) is 0.347. The topological polar surface area (TPSA) is 76.5 Å². The number of thioether (sulfide) groups is 1. The van der Waals surface area contributed by atoms with E-state index >= 15 is 0 Å². The molecule has 9 heteroatoms. The molecule has 0 aliphatic rings. The molecule has 0 aliphatic heterocycles. The number of thiophene rings is 1. The van der Waals surface area contributed by atoms with E-state index in [1.165, 1.54) is 23.1 Å². The van der Waals surface area contributed by atoms with E-state index in [9.17, 15) is 4.79 Å². The molecule has 0 radical (unpaired) electrons. The molecule has 3 heterocycles. The second-order valence-electron chi connectivity index (χ2n) is 6.92. The highest BCUT2D eigenvalue weighted by Crippen LogP contribution is 2.30. The Balaban J connectivity index is 1.54. The third-order valence-corrected chi connectivity index (χ3v) is 6.79. The lowest BCUT2D eigenvalue weighted by Gasteiger charge is -2.11. The second-order valence-corrected chi connectivity index (χ2v) is 9.22. The van der Waals surface area contributed by atoms with Gasteiger partial charge in [-0.25, -0.2) is 4.98 Å². The van der Waals surface area contributed by atoms with E-state index in [-0.39, 0.29) is 5.56 Å². The third kappa shape index (κ3) is 4.01. The number of fused-ring (bicyclic) bond motifs is 1. The minimum Gasteiger partial charge on any atom is -0.309 e. The highest BCUT2D eigenvalue weighted by atomic mass is 35.5. The minimum absolute atomic E-state index is 0.113. The monoisotopic (exact) mass is 465 g/mol. The lowest BCUT2D eigenvalue weighted by molar-refractivity contribution is 0.882. The number of nitrogens with zero attached hydrogens (tertiary/aromatic N) is 4. The molecule has 1 N–H and O–H groups in total. The van der Waals surface area contributed by atoms with Crippen LogP contribution in [-0.4, -0.2) is 24.7 Å². The summed E-state index contributed by atoms with van der Waals surface area (Å²) in [6.07, 6.45) is 0. The van der Waals surface area contributed by atoms with Crippen molar-refractivity contribution in [3.8, 4) is 17.1 Å². The van der Waals surface area contributed by atoms with Crippen LogP contribution in [0.3, 0.4) is 0 Å². The summed E-state index contributed by atoms with van der Waals surface area (Å²) in [4.78, 5) is 19.7. The Labute approximate surface area is 191 Å². The maximum absolute atomic E-state index is 12.3. The first-order chi connectivity index (χ1) is 15.1. The molecule has 0 fully saturated rings. The summed E-state index contributed by atoms with van der Waals surface area (Å²) < 4.78 is 2.66. The molecule has 0 saturated heterocycles. The minimum atomic E-state index is -0.113. The lowest BCUT2D eigenvalue weighted by atomic mass is 10.2. The van der Waals surface area contributed by atoms with Gasteiger partial charge in [0.25, 0.3) is 5.56 Å². The first-order valence-corrected chi connectivity index (χ1v) is 11.7. The van der Waals surface area contributed by atoms with E-state index in [0.717, 1.165) is 22.6 Å². The number of aryl methyl sites for hydroxylation is 1. The number of benzene rings is 2. The molecule has 2 aromatic carbocycles. The highest BCUT2D eigenvalue weighted by Gasteiger charge is 2.17. The van der Waals surface area contributed by atoms with Crippen LogP contribution >= 0.6 is 34.7 Å². The number of nitrogens with one attached hydrogen (secondary N) is 1. The van der Waals surface area contributed by atoms with Crippen LogP contribution in [-0.2, 0) is 5.75 Å². The van der Waals surface area contributed by atoms with Crippen LogP contribution in [0.1, 0.15) is 11.4 Å². The fourth-order valence-corrected chi connectivity index (χ4v) is 4.95. The average molecular weight is 466 g/mol. The molecule has 0 atom stereocenters. The van der Waals surface area contributed by atoms with E-state index in [1.54, 1.807) is 0 Å². The molecule has 3 aromatic heterocycles. The summed E-state index contributed by atoms with van der Waals surface area (Å²) in [5, 5.41) is 12.1. The molecule has 0 bridgehead atoms. The van der Waals surface area contributed by atoms with Crippen molar-refractivity contribution in [3.05, 3.63) is 86.7 Å². The molecule has 6 nitrogen and oxygen atoms in total. The van der Waals surface area contributed by atoms with Crippen LogP contribution in [0.2, 0.25) is 5.02 Å². The number of aromatic amines is 1. The molecule has 0 unspecified atom stereocenters. The van der Waals surface area contributed by atoms with Gasteiger partial charge in [0.1, 0.15) is 10.5 Å². The van der Waals surface area contributed by atoms with Gasteiger partial charge in [-0.1, -0.05) is 35.5 Å². The van der Waals surface area contributed by atoms with Crippen molar-refractivity contribution in [2.24, 2.45) is 0 Å². The molecular formula is C22H16ClN5OS2. The zero-order valence-electron chi connectivity index (χ0n) is 16.4. The summed E-state index contributed by atoms with van der Waals surface area (Å²) in [5.74, 6) is 1.79. The first-order valence-electron chi connectivity index (χ1n) is 9.46. The molecular weight excluding hydrogens is 450 g/mol. The second kappa shape index (κ2) is 8.30. The number of hydrogen-bond acceptors (Lipinski definition) is 6. The van der Waals surface area contributed by atoms with Gasteiger partial charge in [0.15, 0.2) is 11.0 Å². The fraction of sp³-hybridized carbons (Fsp3) is 0.0909. The van der Waals surface area contributed by atoms with Gasteiger partial charge in [0.2, 0.25) is 0 Å². The summed E-state index contributed by atoms with van der Waals surface area (Å²) >= 11 is 8.93. The van der Waals surface area contributed by atoms with Gasteiger partial charge in [0, 0.05) is 16.3 Å². The van der Waals surface area contributed by atoms with E-state index in [2.05, 4.69) is 26.2 Å². The van der Waals surface area contributed by atoms with E-state index in [1.807, 2.05) is 65.4 Å². The predicted molar refractivity (Wildman–Crippen MR) is 126 cm³/mol. The molecule has 0 spiro atoms. The van der Waals surface area contributed by atoms with Gasteiger partial charge in [-0.15, -0.1) is 21.5 Å². The Morgan fingerprint density at radius 3 is 2.77 bits per heavy atom. The summed E-state index contributed by atoms with van der Waals surface area (Å²) in [5.41, 5.74) is 3.62. The molecule has 5 rings (SSSR count). The van der Waals surface area contributed by atoms with Gasteiger partial charge in [-0.2, -0.15) is 0 Å². The number of halogens is 1. The van der Waals surface area contributed by atoms with E-state index in [0.29, 0.717) is 32.0 Å². The largest absolute Gasteiger partial charge is 0.309 e. The van der Waals surface area contributed by atoms with Crippen LogP contribution < -0.4 is 5.56 Å². The SMILES string of the molecule is Cc1cccc(-n2c(SCc3nc4ccsc4c(=O)[nH]3)nnc2-c2ccc(Cl)cc2)c1. The van der Waals surface area contributed by atoms with Crippen LogP contribution in [0.4, 0.5) is 0 Å². The molecule has 0 saturated carbocycles. The zero-order chi connectivity index (χ0) is 21.4. The van der Waals surface area contributed by atoms with Crippen molar-refractivity contribution in [2.75, 3.05) is 0 Å². The Bertz CT molecular complexity index is 1440. The smallest absolute Gasteiger partial charge is 0.268 e. The molecule has 5 aromatic rings. The van der Waals surface area contributed by atoms with Gasteiger partial charge < -0.3 is 4.98 Å². The standard InChI is InChI=1S/C22H16ClN5OS2/c1-13-3-2-4-16(11-13)28-20(14-5-7-15(23)8-6-14)26-27-22(28)31-12-18-24-17-9-10-30-19(17)21(29)25-18/h2-11H,12H2,1H3,(H,24,25,29). The Kier molecular flexibility index (Phi) is 5.35. The van der Waals surface area contributed by atoms with Crippen molar-refractivity contribution in [1.82, 2.24) is 24.7 Å². The fourth-order valence-electron chi connectivity index (χ4n) is 3.27. The summed E-state index contributed by atoms with van der Waals surface area (Å²) in [6.45, 7) is 2.05. The van der Waals surface area contributed by atoms with E-state index < -0.39 is 0 Å². The maximum atomic E-state index is 12.3. The predicted octanol–water partition coefficient (Wildman–Crippen LogP) is 5.49. The van der Waals surface area contributed by atoms with Crippen LogP contribution in [0.25, 0.3) is 27.3 Å². The lowest BCUT2D eigenvalue weighted by Crippen LogP contribution is -2.09. The van der Waals surface area contributed by atoms with E-state index in [4.69, 9.17) is 11.6 Å². The Hall–Kier alpha value is -2.94. The normalized spacial score (nSPS) is 11.3. The van der Waals surface area contributed by atoms with Gasteiger partial charge in [0.05, 0.1) is 11.3 Å². The van der Waals surface area contributed by atoms with Crippen LogP contribution in [0.15, 0.2) is 69.9 Å². The number of H-pyrrole nitrogens is 1. The number of aromatic nitrogens is 5. The van der Waals surface area contributed by atoms with Gasteiger partial charge in [-0.05, 0) is 60.3 Å². The highest BCUT2D eigenvalue weighted by molar-refractivity contribution is 7.98. The van der Waals surface area contributed by atoms with Gasteiger partial charge >= 0.3 is 0 Å². The van der Waals surface area contributed by atoms with Crippen molar-refractivity contribution in [3.63, 3.8) is 0 Å². The first kappa shape index (κ1) is 20.0. The number of rotatable bonds is 5. The average Bonchev–Trinajstić information content (AvgIpc) is 3.40. The van der Waals surface area contributed by atoms with Crippen molar-refractivity contribution >= 4 is 44.9 Å². The maximum Gasteiger partial charge on any atom is 0.268 e. The molecule has 154 valence electrons. The van der Waals surface area contributed by atoms with Gasteiger partial charge in [-0.3, -0.25) is 9.36 Å². The van der Waals surface area contributed by atoms with Crippen LogP contribution in [0, 0.1) is 6.92 Å². The van der Waals surface area contributed by atoms with Crippen LogP contribution in [0.5, 0.6) is 0 Å². The molecule has 0 amide bonds. The molecule has 31 heavy (non-hydrogen) atoms. The third-order valence-electron chi connectivity index (χ3n) is 4.70. The Morgan fingerprint density at radius 1 is 1.13 bits per heavy atom. The summed E-state index contributed by atoms with van der Waals surface area (Å²) in [7, 11) is 0. The van der Waals surface area contributed by atoms with Crippen molar-refractivity contribution in [2.45, 2.75) is 17.8 Å². The Morgan fingerprint density at radius 2 is 1.97 bits per heavy atom. The van der Waals surface area contributed by atoms with Crippen molar-refractivity contribution in [1.29, 1.82) is 0 Å². The molecule has 0 aliphatic carbocycles. The van der Waals surface area contributed by atoms with Crippen molar-refractivity contribution < 1.29 is 0 Å². The number of hydrogen-bond donors (Lipinski definition) is 1. The summed E-state index contributed by atoms with van der Waals surface area (Å²) in [6, 6.07) is 17.6. The zero-order valence-corrected chi connectivity index (χ0v) is 18.8.